The fourth-order valence-electron chi connectivity index (χ4n) is 1.90. The third-order valence-electron chi connectivity index (χ3n) is 3.19. The van der Waals surface area contributed by atoms with Gasteiger partial charge in [-0.15, -0.1) is 0 Å². The Labute approximate surface area is 121 Å². The fraction of sp³-hybridized carbons (Fsp3) is 0.571. The van der Waals surface area contributed by atoms with E-state index in [9.17, 15) is 13.5 Å². The molecule has 0 spiro atoms. The van der Waals surface area contributed by atoms with Crippen LogP contribution in [0.3, 0.4) is 0 Å². The van der Waals surface area contributed by atoms with Crippen LogP contribution in [-0.2, 0) is 9.84 Å². The normalized spacial score (nSPS) is 13.4. The second kappa shape index (κ2) is 7.61. The molecule has 2 N–H and O–H groups in total. The maximum Gasteiger partial charge on any atom is 0.175 e. The zero-order valence-corrected chi connectivity index (χ0v) is 13.2. The molecule has 0 aromatic heterocycles. The van der Waals surface area contributed by atoms with E-state index in [1.165, 1.54) is 6.26 Å². The lowest BCUT2D eigenvalue weighted by Gasteiger charge is -2.22. The minimum Gasteiger partial charge on any atom is -0.390 e. The van der Waals surface area contributed by atoms with Gasteiger partial charge in [-0.25, -0.2) is 8.42 Å². The number of hydrogen-bond donors (Lipinski definition) is 2. The average Bonchev–Trinajstić information content (AvgIpc) is 2.42. The monoisotopic (exact) mass is 300 g/mol. The maximum atomic E-state index is 11.3. The van der Waals surface area contributed by atoms with E-state index >= 15 is 0 Å². The summed E-state index contributed by atoms with van der Waals surface area (Å²) >= 11 is 0. The molecular formula is C14H24N2O3S. The molecule has 1 aromatic carbocycles. The van der Waals surface area contributed by atoms with Crippen molar-refractivity contribution >= 4 is 15.5 Å². The van der Waals surface area contributed by atoms with Crippen molar-refractivity contribution in [1.82, 2.24) is 4.90 Å². The van der Waals surface area contributed by atoms with Gasteiger partial charge >= 0.3 is 0 Å². The number of aliphatic hydroxyl groups excluding tert-OH is 1. The molecule has 0 bridgehead atoms. The lowest BCUT2D eigenvalue weighted by Crippen LogP contribution is -2.35. The Hall–Kier alpha value is -1.11. The standard InChI is InChI=1S/C14H24N2O3S/c1-4-16(5-2)11-13(17)10-15-12-6-8-14(9-7-12)20(3,18)19/h6-9,13,15,17H,4-5,10-11H2,1-3H3. The molecule has 0 aliphatic rings. The number of hydrogen-bond acceptors (Lipinski definition) is 5. The molecule has 1 aromatic rings. The van der Waals surface area contributed by atoms with Gasteiger partial charge in [-0.05, 0) is 37.4 Å². The molecule has 0 heterocycles. The largest absolute Gasteiger partial charge is 0.390 e. The Kier molecular flexibility index (Phi) is 6.45. The Morgan fingerprint density at radius 3 is 2.20 bits per heavy atom. The van der Waals surface area contributed by atoms with E-state index in [1.54, 1.807) is 24.3 Å². The van der Waals surface area contributed by atoms with Gasteiger partial charge in [0.1, 0.15) is 0 Å². The number of aliphatic hydroxyl groups is 1. The summed E-state index contributed by atoms with van der Waals surface area (Å²) in [6.45, 7) is 7.02. The number of anilines is 1. The Morgan fingerprint density at radius 1 is 1.20 bits per heavy atom. The Balaban J connectivity index is 2.50. The van der Waals surface area contributed by atoms with Crippen molar-refractivity contribution in [1.29, 1.82) is 0 Å². The summed E-state index contributed by atoms with van der Waals surface area (Å²) in [4.78, 5) is 2.45. The van der Waals surface area contributed by atoms with E-state index in [1.807, 2.05) is 0 Å². The van der Waals surface area contributed by atoms with E-state index < -0.39 is 15.9 Å². The van der Waals surface area contributed by atoms with Crippen LogP contribution >= 0.6 is 0 Å². The number of likely N-dealkylation sites (N-methyl/N-ethyl adjacent to an activating group) is 1. The highest BCUT2D eigenvalue weighted by molar-refractivity contribution is 7.90. The number of nitrogens with one attached hydrogen (secondary N) is 1. The summed E-state index contributed by atoms with van der Waals surface area (Å²) in [5.74, 6) is 0. The number of sulfone groups is 1. The topological polar surface area (TPSA) is 69.6 Å². The molecule has 0 fully saturated rings. The first kappa shape index (κ1) is 16.9. The van der Waals surface area contributed by atoms with Crippen LogP contribution in [0.5, 0.6) is 0 Å². The van der Waals surface area contributed by atoms with Crippen LogP contribution in [0.1, 0.15) is 13.8 Å². The quantitative estimate of drug-likeness (QED) is 0.755. The molecule has 20 heavy (non-hydrogen) atoms. The third-order valence-corrected chi connectivity index (χ3v) is 4.32. The minimum absolute atomic E-state index is 0.298. The van der Waals surface area contributed by atoms with Crippen LogP contribution < -0.4 is 5.32 Å². The minimum atomic E-state index is -3.16. The van der Waals surface area contributed by atoms with Crippen molar-refractivity contribution in [3.63, 3.8) is 0 Å². The molecule has 1 atom stereocenters. The van der Waals surface area contributed by atoms with Gasteiger partial charge in [-0.1, -0.05) is 13.8 Å². The average molecular weight is 300 g/mol. The molecule has 0 aliphatic heterocycles. The van der Waals surface area contributed by atoms with Crippen LogP contribution in [0.2, 0.25) is 0 Å². The molecule has 0 radical (unpaired) electrons. The van der Waals surface area contributed by atoms with Crippen LogP contribution in [0.25, 0.3) is 0 Å². The van der Waals surface area contributed by atoms with E-state index in [0.29, 0.717) is 18.0 Å². The van der Waals surface area contributed by atoms with Crippen molar-refractivity contribution in [3.05, 3.63) is 24.3 Å². The van der Waals surface area contributed by atoms with Gasteiger partial charge in [0.05, 0.1) is 11.0 Å². The highest BCUT2D eigenvalue weighted by Crippen LogP contribution is 2.13. The molecule has 0 amide bonds. The molecule has 1 unspecified atom stereocenters. The van der Waals surface area contributed by atoms with Crippen LogP contribution in [0, 0.1) is 0 Å². The van der Waals surface area contributed by atoms with Gasteiger partial charge in [-0.2, -0.15) is 0 Å². The molecule has 0 saturated carbocycles. The molecule has 114 valence electrons. The summed E-state index contributed by atoms with van der Waals surface area (Å²) in [7, 11) is -3.16. The number of rotatable bonds is 8. The molecule has 0 saturated heterocycles. The summed E-state index contributed by atoms with van der Waals surface area (Å²) in [6, 6.07) is 6.55. The van der Waals surface area contributed by atoms with Crippen LogP contribution in [0.15, 0.2) is 29.2 Å². The van der Waals surface area contributed by atoms with Gasteiger partial charge < -0.3 is 15.3 Å². The zero-order chi connectivity index (χ0) is 15.2. The zero-order valence-electron chi connectivity index (χ0n) is 12.3. The van der Waals surface area contributed by atoms with Crippen LogP contribution in [-0.4, -0.2) is 57.0 Å². The highest BCUT2D eigenvalue weighted by Gasteiger charge is 2.09. The predicted octanol–water partition coefficient (Wildman–Crippen LogP) is 1.20. The van der Waals surface area contributed by atoms with Crippen LogP contribution in [0.4, 0.5) is 5.69 Å². The van der Waals surface area contributed by atoms with E-state index in [2.05, 4.69) is 24.1 Å². The van der Waals surface area contributed by atoms with E-state index in [0.717, 1.165) is 18.8 Å². The molecule has 6 heteroatoms. The third kappa shape index (κ3) is 5.48. The van der Waals surface area contributed by atoms with Gasteiger partial charge in [0, 0.05) is 25.0 Å². The molecular weight excluding hydrogens is 276 g/mol. The number of benzene rings is 1. The van der Waals surface area contributed by atoms with Crippen molar-refractivity contribution in [2.75, 3.05) is 37.8 Å². The number of nitrogens with zero attached hydrogens (tertiary/aromatic N) is 1. The van der Waals surface area contributed by atoms with E-state index in [4.69, 9.17) is 0 Å². The second-order valence-corrected chi connectivity index (χ2v) is 6.83. The summed E-state index contributed by atoms with van der Waals surface area (Å²) in [5.41, 5.74) is 0.802. The highest BCUT2D eigenvalue weighted by atomic mass is 32.2. The molecule has 0 aliphatic carbocycles. The van der Waals surface area contributed by atoms with Gasteiger partial charge in [-0.3, -0.25) is 0 Å². The summed E-state index contributed by atoms with van der Waals surface area (Å²) in [6.07, 6.45) is 0.730. The maximum absolute atomic E-state index is 11.3. The van der Waals surface area contributed by atoms with Gasteiger partial charge in [0.15, 0.2) is 9.84 Å². The smallest absolute Gasteiger partial charge is 0.175 e. The first-order valence-corrected chi connectivity index (χ1v) is 8.70. The molecule has 5 nitrogen and oxygen atoms in total. The second-order valence-electron chi connectivity index (χ2n) is 4.82. The Bertz CT molecular complexity index is 496. The van der Waals surface area contributed by atoms with Crippen molar-refractivity contribution in [2.45, 2.75) is 24.8 Å². The SMILES string of the molecule is CCN(CC)CC(O)CNc1ccc(S(C)(=O)=O)cc1. The van der Waals surface area contributed by atoms with Gasteiger partial charge in [0.25, 0.3) is 0 Å². The van der Waals surface area contributed by atoms with Crippen molar-refractivity contribution < 1.29 is 13.5 Å². The van der Waals surface area contributed by atoms with Crippen molar-refractivity contribution in [2.24, 2.45) is 0 Å². The first-order chi connectivity index (χ1) is 9.36. The fourth-order valence-corrected chi connectivity index (χ4v) is 2.53. The predicted molar refractivity (Wildman–Crippen MR) is 81.8 cm³/mol. The van der Waals surface area contributed by atoms with E-state index in [-0.39, 0.29) is 0 Å². The van der Waals surface area contributed by atoms with Gasteiger partial charge in [0.2, 0.25) is 0 Å². The summed E-state index contributed by atoms with van der Waals surface area (Å²) < 4.78 is 22.7. The Morgan fingerprint density at radius 2 is 1.75 bits per heavy atom. The summed E-state index contributed by atoms with van der Waals surface area (Å²) in [5, 5.41) is 13.0. The lowest BCUT2D eigenvalue weighted by atomic mass is 10.2. The van der Waals surface area contributed by atoms with Crippen molar-refractivity contribution in [3.8, 4) is 0 Å². The first-order valence-electron chi connectivity index (χ1n) is 6.81. The molecule has 1 rings (SSSR count). The lowest BCUT2D eigenvalue weighted by molar-refractivity contribution is 0.128.